The molecule has 0 spiro atoms. The van der Waals surface area contributed by atoms with Crippen LogP contribution in [0.5, 0.6) is 0 Å². The summed E-state index contributed by atoms with van der Waals surface area (Å²) in [4.78, 5) is 2.61. The Morgan fingerprint density at radius 3 is 2.62 bits per heavy atom. The standard InChI is InChI=1S/C14H23N3O2S2/c1-11-3-4-13(15)12(2)14(11)21(18,19)16-5-6-17-7-9-20-10-8-17/h3-4,16H,5-10,15H2,1-2H3. The van der Waals surface area contributed by atoms with Crippen molar-refractivity contribution in [1.82, 2.24) is 9.62 Å². The van der Waals surface area contributed by atoms with Crippen molar-refractivity contribution in [2.24, 2.45) is 0 Å². The molecule has 5 nitrogen and oxygen atoms in total. The molecule has 0 amide bonds. The molecule has 1 aromatic rings. The highest BCUT2D eigenvalue weighted by Gasteiger charge is 2.21. The van der Waals surface area contributed by atoms with Crippen molar-refractivity contribution >= 4 is 27.5 Å². The predicted molar refractivity (Wildman–Crippen MR) is 89.3 cm³/mol. The number of nitrogen functional groups attached to an aromatic ring is 1. The molecule has 1 aliphatic heterocycles. The van der Waals surface area contributed by atoms with Gasteiger partial charge in [-0.1, -0.05) is 6.07 Å². The Hall–Kier alpha value is -0.760. The summed E-state index contributed by atoms with van der Waals surface area (Å²) >= 11 is 1.95. The normalized spacial score (nSPS) is 17.0. The van der Waals surface area contributed by atoms with Gasteiger partial charge in [-0.15, -0.1) is 0 Å². The average Bonchev–Trinajstić information content (AvgIpc) is 2.44. The van der Waals surface area contributed by atoms with E-state index in [1.807, 2.05) is 11.8 Å². The number of nitrogens with zero attached hydrogens (tertiary/aromatic N) is 1. The van der Waals surface area contributed by atoms with Gasteiger partial charge < -0.3 is 10.6 Å². The molecule has 0 atom stereocenters. The van der Waals surface area contributed by atoms with Gasteiger partial charge in [-0.25, -0.2) is 13.1 Å². The summed E-state index contributed by atoms with van der Waals surface area (Å²) in [7, 11) is -3.51. The first kappa shape index (κ1) is 16.6. The lowest BCUT2D eigenvalue weighted by molar-refractivity contribution is 0.307. The molecule has 0 aromatic heterocycles. The fourth-order valence-electron chi connectivity index (χ4n) is 2.49. The van der Waals surface area contributed by atoms with E-state index in [1.54, 1.807) is 26.0 Å². The predicted octanol–water partition coefficient (Wildman–Crippen LogP) is 1.21. The van der Waals surface area contributed by atoms with E-state index in [0.29, 0.717) is 22.7 Å². The average molecular weight is 329 g/mol. The van der Waals surface area contributed by atoms with Gasteiger partial charge in [-0.3, -0.25) is 0 Å². The fraction of sp³-hybridized carbons (Fsp3) is 0.571. The van der Waals surface area contributed by atoms with Crippen LogP contribution in [0.15, 0.2) is 17.0 Å². The molecule has 7 heteroatoms. The van der Waals surface area contributed by atoms with Crippen molar-refractivity contribution in [2.75, 3.05) is 43.4 Å². The minimum absolute atomic E-state index is 0.316. The molecule has 21 heavy (non-hydrogen) atoms. The molecule has 3 N–H and O–H groups in total. The minimum atomic E-state index is -3.51. The van der Waals surface area contributed by atoms with Gasteiger partial charge in [0.2, 0.25) is 10.0 Å². The zero-order valence-electron chi connectivity index (χ0n) is 12.6. The largest absolute Gasteiger partial charge is 0.398 e. The van der Waals surface area contributed by atoms with E-state index in [0.717, 1.165) is 36.7 Å². The van der Waals surface area contributed by atoms with Gasteiger partial charge in [0.1, 0.15) is 0 Å². The molecule has 0 bridgehead atoms. The molecule has 0 saturated carbocycles. The van der Waals surface area contributed by atoms with Crippen molar-refractivity contribution in [1.29, 1.82) is 0 Å². The monoisotopic (exact) mass is 329 g/mol. The highest BCUT2D eigenvalue weighted by Crippen LogP contribution is 2.24. The number of rotatable bonds is 5. The molecule has 2 rings (SSSR count). The summed E-state index contributed by atoms with van der Waals surface area (Å²) < 4.78 is 27.7. The van der Waals surface area contributed by atoms with E-state index in [4.69, 9.17) is 5.73 Å². The molecular weight excluding hydrogens is 306 g/mol. The number of sulfonamides is 1. The Labute approximate surface area is 131 Å². The van der Waals surface area contributed by atoms with Crippen molar-refractivity contribution < 1.29 is 8.42 Å². The number of hydrogen-bond donors (Lipinski definition) is 2. The maximum Gasteiger partial charge on any atom is 0.241 e. The molecule has 1 aliphatic rings. The molecule has 1 saturated heterocycles. The molecule has 118 valence electrons. The van der Waals surface area contributed by atoms with E-state index >= 15 is 0 Å². The molecular formula is C14H23N3O2S2. The summed E-state index contributed by atoms with van der Waals surface area (Å²) in [6.45, 7) is 6.79. The second kappa shape index (κ2) is 7.00. The number of thioether (sulfide) groups is 1. The van der Waals surface area contributed by atoms with E-state index < -0.39 is 10.0 Å². The Morgan fingerprint density at radius 1 is 1.29 bits per heavy atom. The van der Waals surface area contributed by atoms with Crippen LogP contribution in [0.25, 0.3) is 0 Å². The molecule has 1 heterocycles. The van der Waals surface area contributed by atoms with E-state index in [1.165, 1.54) is 0 Å². The lowest BCUT2D eigenvalue weighted by Crippen LogP contribution is -2.39. The van der Waals surface area contributed by atoms with Crippen LogP contribution in [0.2, 0.25) is 0 Å². The van der Waals surface area contributed by atoms with Crippen LogP contribution >= 0.6 is 11.8 Å². The Bertz CT molecular complexity index is 596. The molecule has 0 unspecified atom stereocenters. The van der Waals surface area contributed by atoms with Gasteiger partial charge in [0.25, 0.3) is 0 Å². The fourth-order valence-corrected chi connectivity index (χ4v) is 4.99. The summed E-state index contributed by atoms with van der Waals surface area (Å²) in [5, 5.41) is 0. The minimum Gasteiger partial charge on any atom is -0.398 e. The first-order valence-electron chi connectivity index (χ1n) is 7.07. The molecule has 1 fully saturated rings. The van der Waals surface area contributed by atoms with Crippen molar-refractivity contribution in [3.05, 3.63) is 23.3 Å². The lowest BCUT2D eigenvalue weighted by Gasteiger charge is -2.26. The highest BCUT2D eigenvalue weighted by atomic mass is 32.2. The Balaban J connectivity index is 2.03. The van der Waals surface area contributed by atoms with Crippen LogP contribution in [0.1, 0.15) is 11.1 Å². The van der Waals surface area contributed by atoms with Gasteiger partial charge in [-0.2, -0.15) is 11.8 Å². The number of hydrogen-bond acceptors (Lipinski definition) is 5. The van der Waals surface area contributed by atoms with Crippen LogP contribution < -0.4 is 10.5 Å². The first-order chi connectivity index (χ1) is 9.92. The van der Waals surface area contributed by atoms with Crippen LogP contribution in [-0.2, 0) is 10.0 Å². The van der Waals surface area contributed by atoms with E-state index in [9.17, 15) is 8.42 Å². The van der Waals surface area contributed by atoms with E-state index in [-0.39, 0.29) is 0 Å². The summed E-state index contributed by atoms with van der Waals surface area (Å²) in [5.74, 6) is 2.25. The quantitative estimate of drug-likeness (QED) is 0.794. The zero-order chi connectivity index (χ0) is 15.5. The van der Waals surface area contributed by atoms with Crippen molar-refractivity contribution in [3.63, 3.8) is 0 Å². The van der Waals surface area contributed by atoms with E-state index in [2.05, 4.69) is 9.62 Å². The van der Waals surface area contributed by atoms with Crippen molar-refractivity contribution in [2.45, 2.75) is 18.7 Å². The third-order valence-corrected chi connectivity index (χ3v) is 6.43. The zero-order valence-corrected chi connectivity index (χ0v) is 14.2. The van der Waals surface area contributed by atoms with Crippen LogP contribution in [0.4, 0.5) is 5.69 Å². The second-order valence-corrected chi connectivity index (χ2v) is 8.21. The Morgan fingerprint density at radius 2 is 1.95 bits per heavy atom. The third-order valence-electron chi connectivity index (χ3n) is 3.74. The van der Waals surface area contributed by atoms with Gasteiger partial charge in [-0.05, 0) is 31.0 Å². The number of aryl methyl sites for hydroxylation is 1. The van der Waals surface area contributed by atoms with Gasteiger partial charge in [0.05, 0.1) is 4.90 Å². The van der Waals surface area contributed by atoms with Gasteiger partial charge in [0, 0.05) is 43.4 Å². The number of anilines is 1. The topological polar surface area (TPSA) is 75.4 Å². The van der Waals surface area contributed by atoms with Crippen LogP contribution in [-0.4, -0.2) is 51.0 Å². The number of benzene rings is 1. The molecule has 0 radical (unpaired) electrons. The maximum atomic E-state index is 12.5. The first-order valence-corrected chi connectivity index (χ1v) is 9.71. The highest BCUT2D eigenvalue weighted by molar-refractivity contribution is 7.99. The molecule has 0 aliphatic carbocycles. The summed E-state index contributed by atoms with van der Waals surface area (Å²) in [5.41, 5.74) is 7.69. The van der Waals surface area contributed by atoms with Crippen molar-refractivity contribution in [3.8, 4) is 0 Å². The van der Waals surface area contributed by atoms with Gasteiger partial charge in [0.15, 0.2) is 0 Å². The summed E-state index contributed by atoms with van der Waals surface area (Å²) in [6.07, 6.45) is 0. The third kappa shape index (κ3) is 4.12. The number of nitrogens with two attached hydrogens (primary N) is 1. The van der Waals surface area contributed by atoms with Crippen LogP contribution in [0.3, 0.4) is 0 Å². The second-order valence-electron chi connectivity index (χ2n) is 5.28. The van der Waals surface area contributed by atoms with Crippen LogP contribution in [0, 0.1) is 13.8 Å². The SMILES string of the molecule is Cc1ccc(N)c(C)c1S(=O)(=O)NCCN1CCSCC1. The maximum absolute atomic E-state index is 12.5. The smallest absolute Gasteiger partial charge is 0.241 e. The Kier molecular flexibility index (Phi) is 5.54. The molecule has 1 aromatic carbocycles. The summed E-state index contributed by atoms with van der Waals surface area (Å²) in [6, 6.07) is 3.49. The number of nitrogens with one attached hydrogen (secondary N) is 1. The lowest BCUT2D eigenvalue weighted by atomic mass is 10.1. The van der Waals surface area contributed by atoms with Gasteiger partial charge >= 0.3 is 0 Å².